The van der Waals surface area contributed by atoms with Gasteiger partial charge in [-0.25, -0.2) is 17.9 Å². The van der Waals surface area contributed by atoms with Crippen LogP contribution in [0.3, 0.4) is 0 Å². The zero-order chi connectivity index (χ0) is 12.3. The lowest BCUT2D eigenvalue weighted by Crippen LogP contribution is -2.31. The number of sulfonamides is 1. The predicted molar refractivity (Wildman–Crippen MR) is 58.1 cm³/mol. The molecule has 90 valence electrons. The van der Waals surface area contributed by atoms with E-state index in [4.69, 9.17) is 10.2 Å². The molecule has 0 aliphatic heterocycles. The van der Waals surface area contributed by atoms with Gasteiger partial charge in [0.1, 0.15) is 9.77 Å². The molecule has 8 heteroatoms. The maximum atomic E-state index is 11.6. The average molecular weight is 265 g/mol. The van der Waals surface area contributed by atoms with Crippen molar-refractivity contribution >= 4 is 27.3 Å². The number of hydrogen-bond donors (Lipinski definition) is 3. The van der Waals surface area contributed by atoms with Gasteiger partial charge >= 0.3 is 5.97 Å². The fourth-order valence-corrected chi connectivity index (χ4v) is 3.35. The Balaban J connectivity index is 2.99. The smallest absolute Gasteiger partial charge is 0.347 e. The Morgan fingerprint density at radius 1 is 1.62 bits per heavy atom. The maximum absolute atomic E-state index is 11.6. The van der Waals surface area contributed by atoms with Crippen molar-refractivity contribution < 1.29 is 23.4 Å². The summed E-state index contributed by atoms with van der Waals surface area (Å²) in [5.41, 5.74) is 0. The van der Waals surface area contributed by atoms with E-state index in [0.29, 0.717) is 0 Å². The third-order valence-corrected chi connectivity index (χ3v) is 4.18. The molecule has 0 unspecified atom stereocenters. The summed E-state index contributed by atoms with van der Waals surface area (Å²) in [5.74, 6) is -1.28. The van der Waals surface area contributed by atoms with Gasteiger partial charge in [-0.15, -0.1) is 11.3 Å². The molecule has 0 bridgehead atoms. The number of hydrogen-bond acceptors (Lipinski definition) is 5. The van der Waals surface area contributed by atoms with Crippen molar-refractivity contribution in [3.05, 3.63) is 16.3 Å². The molecule has 0 saturated carbocycles. The van der Waals surface area contributed by atoms with Crippen LogP contribution in [0.4, 0.5) is 0 Å². The summed E-state index contributed by atoms with van der Waals surface area (Å²) >= 11 is 0.838. The van der Waals surface area contributed by atoms with Crippen molar-refractivity contribution in [2.45, 2.75) is 17.9 Å². The Morgan fingerprint density at radius 2 is 2.25 bits per heavy atom. The maximum Gasteiger partial charge on any atom is 0.347 e. The normalized spacial score (nSPS) is 13.6. The standard InChI is InChI=1S/C8H11NO5S2/c1-5(10)4-9-16(13,14)6-2-3-15-7(6)8(11)12/h2-3,5,9-10H,4H2,1H3,(H,11,12)/t5-/m1/s1. The van der Waals surface area contributed by atoms with Crippen LogP contribution in [0.1, 0.15) is 16.6 Å². The molecule has 0 saturated heterocycles. The predicted octanol–water partition coefficient (Wildman–Crippen LogP) is 0.105. The van der Waals surface area contributed by atoms with Crippen LogP contribution in [-0.2, 0) is 10.0 Å². The second kappa shape index (κ2) is 4.91. The third-order valence-electron chi connectivity index (χ3n) is 1.68. The van der Waals surface area contributed by atoms with E-state index in [1.165, 1.54) is 18.4 Å². The highest BCUT2D eigenvalue weighted by Gasteiger charge is 2.23. The van der Waals surface area contributed by atoms with Crippen LogP contribution in [0.25, 0.3) is 0 Å². The second-order valence-corrected chi connectivity index (χ2v) is 5.77. The number of aliphatic hydroxyl groups is 1. The molecule has 0 radical (unpaired) electrons. The lowest BCUT2D eigenvalue weighted by atomic mass is 10.4. The van der Waals surface area contributed by atoms with Crippen molar-refractivity contribution in [3.8, 4) is 0 Å². The topological polar surface area (TPSA) is 104 Å². The second-order valence-electron chi connectivity index (χ2n) is 3.12. The number of aliphatic hydroxyl groups excluding tert-OH is 1. The molecule has 16 heavy (non-hydrogen) atoms. The van der Waals surface area contributed by atoms with Gasteiger partial charge in [-0.2, -0.15) is 0 Å². The molecule has 1 atom stereocenters. The van der Waals surface area contributed by atoms with E-state index >= 15 is 0 Å². The van der Waals surface area contributed by atoms with E-state index in [9.17, 15) is 13.2 Å². The lowest BCUT2D eigenvalue weighted by Gasteiger charge is -2.07. The Kier molecular flexibility index (Phi) is 4.03. The van der Waals surface area contributed by atoms with Gasteiger partial charge in [-0.05, 0) is 18.4 Å². The number of nitrogens with one attached hydrogen (secondary N) is 1. The largest absolute Gasteiger partial charge is 0.477 e. The van der Waals surface area contributed by atoms with Crippen molar-refractivity contribution in [1.29, 1.82) is 0 Å². The highest BCUT2D eigenvalue weighted by atomic mass is 32.2. The van der Waals surface area contributed by atoms with Crippen LogP contribution in [0.5, 0.6) is 0 Å². The zero-order valence-electron chi connectivity index (χ0n) is 8.37. The van der Waals surface area contributed by atoms with Gasteiger partial charge in [0.15, 0.2) is 0 Å². The molecule has 0 aromatic carbocycles. The first kappa shape index (κ1) is 13.1. The number of carbonyl (C=O) groups is 1. The van der Waals surface area contributed by atoms with Crippen molar-refractivity contribution in [2.24, 2.45) is 0 Å². The zero-order valence-corrected chi connectivity index (χ0v) is 10.0. The molecule has 6 nitrogen and oxygen atoms in total. The summed E-state index contributed by atoms with van der Waals surface area (Å²) < 4.78 is 25.4. The van der Waals surface area contributed by atoms with Crippen LogP contribution < -0.4 is 4.72 Å². The molecule has 0 aliphatic carbocycles. The minimum atomic E-state index is -3.87. The average Bonchev–Trinajstić information content (AvgIpc) is 2.63. The van der Waals surface area contributed by atoms with Gasteiger partial charge in [-0.1, -0.05) is 0 Å². The summed E-state index contributed by atoms with van der Waals surface area (Å²) in [6.45, 7) is 1.27. The molecule has 0 fully saturated rings. The van der Waals surface area contributed by atoms with E-state index in [2.05, 4.69) is 4.72 Å². The molecular weight excluding hydrogens is 254 g/mol. The van der Waals surface area contributed by atoms with Gasteiger partial charge in [-0.3, -0.25) is 0 Å². The van der Waals surface area contributed by atoms with Crippen LogP contribution in [-0.4, -0.2) is 37.2 Å². The van der Waals surface area contributed by atoms with Gasteiger partial charge in [0.05, 0.1) is 6.10 Å². The van der Waals surface area contributed by atoms with E-state index < -0.39 is 22.1 Å². The van der Waals surface area contributed by atoms with Crippen molar-refractivity contribution in [1.82, 2.24) is 4.72 Å². The molecule has 1 heterocycles. The molecular formula is C8H11NO5S2. The number of carboxylic acid groups (broad SMARTS) is 1. The quantitative estimate of drug-likeness (QED) is 0.700. The van der Waals surface area contributed by atoms with E-state index in [1.54, 1.807) is 0 Å². The number of thiophene rings is 1. The highest BCUT2D eigenvalue weighted by molar-refractivity contribution is 7.89. The molecule has 1 aromatic heterocycles. The van der Waals surface area contributed by atoms with E-state index in [1.807, 2.05) is 0 Å². The summed E-state index contributed by atoms with van der Waals surface area (Å²) in [5, 5.41) is 19.1. The first-order chi connectivity index (χ1) is 7.34. The Hall–Kier alpha value is -0.960. The summed E-state index contributed by atoms with van der Waals surface area (Å²) in [4.78, 5) is 10.2. The van der Waals surface area contributed by atoms with Crippen LogP contribution in [0.2, 0.25) is 0 Å². The fraction of sp³-hybridized carbons (Fsp3) is 0.375. The van der Waals surface area contributed by atoms with E-state index in [0.717, 1.165) is 11.3 Å². The number of carboxylic acids is 1. The molecule has 0 aliphatic rings. The molecule has 1 rings (SSSR count). The monoisotopic (exact) mass is 265 g/mol. The first-order valence-corrected chi connectivity index (χ1v) is 6.69. The van der Waals surface area contributed by atoms with Crippen LogP contribution >= 0.6 is 11.3 Å². The molecule has 0 spiro atoms. The first-order valence-electron chi connectivity index (χ1n) is 4.33. The van der Waals surface area contributed by atoms with Gasteiger partial charge in [0.2, 0.25) is 10.0 Å². The Morgan fingerprint density at radius 3 is 2.75 bits per heavy atom. The minimum absolute atomic E-state index is 0.156. The van der Waals surface area contributed by atoms with E-state index in [-0.39, 0.29) is 16.3 Å². The summed E-state index contributed by atoms with van der Waals surface area (Å²) in [7, 11) is -3.87. The Bertz CT molecular complexity index is 476. The van der Waals surface area contributed by atoms with Gasteiger partial charge < -0.3 is 10.2 Å². The van der Waals surface area contributed by atoms with Gasteiger partial charge in [0, 0.05) is 6.54 Å². The lowest BCUT2D eigenvalue weighted by molar-refractivity contribution is 0.0698. The third kappa shape index (κ3) is 3.01. The van der Waals surface area contributed by atoms with Crippen molar-refractivity contribution in [3.63, 3.8) is 0 Å². The SMILES string of the molecule is C[C@@H](O)CNS(=O)(=O)c1ccsc1C(=O)O. The fourth-order valence-electron chi connectivity index (χ4n) is 0.973. The van der Waals surface area contributed by atoms with Crippen LogP contribution in [0, 0.1) is 0 Å². The number of aromatic carboxylic acids is 1. The van der Waals surface area contributed by atoms with Gasteiger partial charge in [0.25, 0.3) is 0 Å². The minimum Gasteiger partial charge on any atom is -0.477 e. The molecule has 3 N–H and O–H groups in total. The summed E-state index contributed by atoms with van der Waals surface area (Å²) in [6, 6.07) is 1.22. The number of rotatable bonds is 5. The highest BCUT2D eigenvalue weighted by Crippen LogP contribution is 2.21. The van der Waals surface area contributed by atoms with Crippen LogP contribution in [0.15, 0.2) is 16.3 Å². The molecule has 0 amide bonds. The Labute approximate surface area is 96.6 Å². The van der Waals surface area contributed by atoms with Crippen molar-refractivity contribution in [2.75, 3.05) is 6.54 Å². The summed E-state index contributed by atoms with van der Waals surface area (Å²) in [6.07, 6.45) is -0.832. The molecule has 1 aromatic rings.